The molecule has 8 heteroatoms. The molecule has 3 aromatic rings. The normalized spacial score (nSPS) is 14.9. The molecular formula is C24H23F3N4O. The molecule has 5 nitrogen and oxygen atoms in total. The van der Waals surface area contributed by atoms with E-state index in [1.807, 2.05) is 42.5 Å². The van der Waals surface area contributed by atoms with Crippen LogP contribution in [-0.2, 0) is 12.7 Å². The number of piperazine rings is 1. The molecule has 1 saturated heterocycles. The average Bonchev–Trinajstić information content (AvgIpc) is 2.81. The molecule has 1 aromatic heterocycles. The van der Waals surface area contributed by atoms with E-state index in [2.05, 4.69) is 20.1 Å². The van der Waals surface area contributed by atoms with Gasteiger partial charge in [-0.05, 0) is 54.1 Å². The van der Waals surface area contributed by atoms with E-state index >= 15 is 0 Å². The molecule has 4 rings (SSSR count). The van der Waals surface area contributed by atoms with Crippen molar-refractivity contribution in [2.24, 2.45) is 0 Å². The minimum atomic E-state index is -4.42. The molecule has 0 spiro atoms. The van der Waals surface area contributed by atoms with Crippen molar-refractivity contribution < 1.29 is 18.0 Å². The van der Waals surface area contributed by atoms with Crippen molar-refractivity contribution in [3.8, 4) is 0 Å². The van der Waals surface area contributed by atoms with Gasteiger partial charge in [0, 0.05) is 50.2 Å². The van der Waals surface area contributed by atoms with Gasteiger partial charge in [0.2, 0.25) is 0 Å². The fourth-order valence-electron chi connectivity index (χ4n) is 3.64. The lowest BCUT2D eigenvalue weighted by Crippen LogP contribution is -2.46. The lowest BCUT2D eigenvalue weighted by atomic mass is 10.1. The molecule has 0 saturated carbocycles. The second-order valence-corrected chi connectivity index (χ2v) is 7.68. The zero-order chi connectivity index (χ0) is 22.6. The number of amides is 1. The van der Waals surface area contributed by atoms with Gasteiger partial charge in [0.15, 0.2) is 0 Å². The van der Waals surface area contributed by atoms with Crippen molar-refractivity contribution in [3.63, 3.8) is 0 Å². The summed E-state index contributed by atoms with van der Waals surface area (Å²) >= 11 is 0. The zero-order valence-corrected chi connectivity index (χ0v) is 17.3. The van der Waals surface area contributed by atoms with Crippen LogP contribution in [0.2, 0.25) is 0 Å². The number of aromatic nitrogens is 1. The van der Waals surface area contributed by atoms with Crippen LogP contribution in [0.1, 0.15) is 21.5 Å². The van der Waals surface area contributed by atoms with Crippen LogP contribution in [0.3, 0.4) is 0 Å². The summed E-state index contributed by atoms with van der Waals surface area (Å²) in [4.78, 5) is 21.4. The van der Waals surface area contributed by atoms with E-state index in [-0.39, 0.29) is 5.56 Å². The molecule has 2 heterocycles. The lowest BCUT2D eigenvalue weighted by Gasteiger charge is -2.35. The Morgan fingerprint density at radius 1 is 0.906 bits per heavy atom. The lowest BCUT2D eigenvalue weighted by molar-refractivity contribution is -0.137. The van der Waals surface area contributed by atoms with E-state index in [1.54, 1.807) is 6.20 Å². The molecule has 1 fully saturated rings. The van der Waals surface area contributed by atoms with Gasteiger partial charge in [0.05, 0.1) is 5.56 Å². The highest BCUT2D eigenvalue weighted by atomic mass is 19.4. The Balaban J connectivity index is 1.28. The number of anilines is 2. The van der Waals surface area contributed by atoms with E-state index in [4.69, 9.17) is 0 Å². The number of nitrogens with zero attached hydrogens (tertiary/aromatic N) is 3. The van der Waals surface area contributed by atoms with E-state index in [0.717, 1.165) is 56.2 Å². The first-order valence-corrected chi connectivity index (χ1v) is 10.3. The van der Waals surface area contributed by atoms with Gasteiger partial charge in [-0.1, -0.05) is 18.2 Å². The molecule has 1 N–H and O–H groups in total. The van der Waals surface area contributed by atoms with Gasteiger partial charge in [-0.3, -0.25) is 9.69 Å². The Morgan fingerprint density at radius 2 is 1.59 bits per heavy atom. The maximum absolute atomic E-state index is 12.7. The van der Waals surface area contributed by atoms with Crippen molar-refractivity contribution in [3.05, 3.63) is 89.6 Å². The summed E-state index contributed by atoms with van der Waals surface area (Å²) in [5.74, 6) is 0.553. The molecule has 166 valence electrons. The Kier molecular flexibility index (Phi) is 6.41. The fraction of sp³-hybridized carbons (Fsp3) is 0.250. The minimum absolute atomic E-state index is 0.174. The molecule has 1 amide bonds. The second kappa shape index (κ2) is 9.40. The third kappa shape index (κ3) is 5.45. The molecule has 1 aliphatic rings. The molecule has 0 atom stereocenters. The number of nitrogens with one attached hydrogen (secondary N) is 1. The monoisotopic (exact) mass is 440 g/mol. The zero-order valence-electron chi connectivity index (χ0n) is 17.3. The molecule has 2 aromatic carbocycles. The first kappa shape index (κ1) is 21.8. The molecule has 0 aliphatic carbocycles. The van der Waals surface area contributed by atoms with Crippen LogP contribution in [0.4, 0.5) is 24.7 Å². The summed E-state index contributed by atoms with van der Waals surface area (Å²) < 4.78 is 38.0. The topological polar surface area (TPSA) is 48.5 Å². The molecule has 32 heavy (non-hydrogen) atoms. The highest BCUT2D eigenvalue weighted by molar-refractivity contribution is 6.04. The van der Waals surface area contributed by atoms with Gasteiger partial charge in [-0.2, -0.15) is 13.2 Å². The Hall–Kier alpha value is -3.39. The number of carbonyl (C=O) groups is 1. The Labute approximate surface area is 184 Å². The Bertz CT molecular complexity index is 1030. The number of benzene rings is 2. The van der Waals surface area contributed by atoms with Gasteiger partial charge in [-0.15, -0.1) is 0 Å². The average molecular weight is 440 g/mol. The third-order valence-electron chi connectivity index (χ3n) is 5.44. The van der Waals surface area contributed by atoms with Gasteiger partial charge in [-0.25, -0.2) is 4.98 Å². The third-order valence-corrected chi connectivity index (χ3v) is 5.44. The van der Waals surface area contributed by atoms with Crippen LogP contribution >= 0.6 is 0 Å². The predicted molar refractivity (Wildman–Crippen MR) is 118 cm³/mol. The maximum atomic E-state index is 12.7. The van der Waals surface area contributed by atoms with Crippen molar-refractivity contribution in [2.75, 3.05) is 36.4 Å². The van der Waals surface area contributed by atoms with Crippen LogP contribution in [-0.4, -0.2) is 42.0 Å². The van der Waals surface area contributed by atoms with Crippen LogP contribution in [0.15, 0.2) is 72.9 Å². The molecule has 0 radical (unpaired) electrons. The van der Waals surface area contributed by atoms with E-state index in [9.17, 15) is 18.0 Å². The predicted octanol–water partition coefficient (Wildman–Crippen LogP) is 4.67. The number of hydrogen-bond acceptors (Lipinski definition) is 4. The van der Waals surface area contributed by atoms with Crippen molar-refractivity contribution in [2.45, 2.75) is 12.7 Å². The number of hydrogen-bond donors (Lipinski definition) is 1. The van der Waals surface area contributed by atoms with Gasteiger partial charge in [0.1, 0.15) is 5.82 Å². The van der Waals surface area contributed by atoms with Crippen molar-refractivity contribution in [1.82, 2.24) is 9.88 Å². The van der Waals surface area contributed by atoms with E-state index < -0.39 is 17.6 Å². The summed E-state index contributed by atoms with van der Waals surface area (Å²) in [6, 6.07) is 17.6. The number of alkyl halides is 3. The number of halogens is 3. The first-order valence-electron chi connectivity index (χ1n) is 10.3. The van der Waals surface area contributed by atoms with Crippen molar-refractivity contribution in [1.29, 1.82) is 0 Å². The number of pyridine rings is 1. The summed E-state index contributed by atoms with van der Waals surface area (Å²) in [5.41, 5.74) is 1.12. The number of carbonyl (C=O) groups excluding carboxylic acids is 1. The largest absolute Gasteiger partial charge is 0.416 e. The standard InChI is InChI=1S/C24H23F3N4O/c25-24(26,27)20-8-6-19(7-9-20)23(32)29-21-10-4-18(5-11-21)17-30-13-15-31(16-14-30)22-3-1-2-12-28-22/h1-12H,13-17H2,(H,29,32). The van der Waals surface area contributed by atoms with Crippen LogP contribution < -0.4 is 10.2 Å². The van der Waals surface area contributed by atoms with Crippen LogP contribution in [0.5, 0.6) is 0 Å². The van der Waals surface area contributed by atoms with Gasteiger partial charge >= 0.3 is 6.18 Å². The van der Waals surface area contributed by atoms with Gasteiger partial charge in [0.25, 0.3) is 5.91 Å². The van der Waals surface area contributed by atoms with E-state index in [1.165, 1.54) is 12.1 Å². The molecule has 0 bridgehead atoms. The van der Waals surface area contributed by atoms with E-state index in [0.29, 0.717) is 5.69 Å². The SMILES string of the molecule is O=C(Nc1ccc(CN2CCN(c3ccccn3)CC2)cc1)c1ccc(C(F)(F)F)cc1. The summed E-state index contributed by atoms with van der Waals surface area (Å²) in [6.07, 6.45) is -2.62. The van der Waals surface area contributed by atoms with Gasteiger partial charge < -0.3 is 10.2 Å². The summed E-state index contributed by atoms with van der Waals surface area (Å²) in [6.45, 7) is 4.51. The van der Waals surface area contributed by atoms with Crippen LogP contribution in [0.25, 0.3) is 0 Å². The molecular weight excluding hydrogens is 417 g/mol. The highest BCUT2D eigenvalue weighted by Gasteiger charge is 2.30. The number of rotatable bonds is 5. The summed E-state index contributed by atoms with van der Waals surface area (Å²) in [7, 11) is 0. The molecule has 0 unspecified atom stereocenters. The Morgan fingerprint density at radius 3 is 2.19 bits per heavy atom. The minimum Gasteiger partial charge on any atom is -0.354 e. The quantitative estimate of drug-likeness (QED) is 0.626. The van der Waals surface area contributed by atoms with Crippen molar-refractivity contribution >= 4 is 17.4 Å². The smallest absolute Gasteiger partial charge is 0.354 e. The first-order chi connectivity index (χ1) is 15.4. The molecule has 1 aliphatic heterocycles. The summed E-state index contributed by atoms with van der Waals surface area (Å²) in [5, 5.41) is 2.72. The fourth-order valence-corrected chi connectivity index (χ4v) is 3.64. The maximum Gasteiger partial charge on any atom is 0.416 e. The highest BCUT2D eigenvalue weighted by Crippen LogP contribution is 2.29. The second-order valence-electron chi connectivity index (χ2n) is 7.68. The van der Waals surface area contributed by atoms with Crippen LogP contribution in [0, 0.1) is 0 Å².